The van der Waals surface area contributed by atoms with E-state index in [1.165, 1.54) is 36.4 Å². The van der Waals surface area contributed by atoms with Crippen molar-refractivity contribution in [2.45, 2.75) is 11.8 Å². The number of hydrogen-bond acceptors (Lipinski definition) is 4. The Kier molecular flexibility index (Phi) is 6.07. The molecule has 0 saturated carbocycles. The molecule has 0 aromatic heterocycles. The predicted molar refractivity (Wildman–Crippen MR) is 117 cm³/mol. The molecule has 8 heteroatoms. The second-order valence-corrected chi connectivity index (χ2v) is 8.67. The highest BCUT2D eigenvalue weighted by Gasteiger charge is 2.15. The second-order valence-electron chi connectivity index (χ2n) is 6.99. The van der Waals surface area contributed by atoms with Crippen LogP contribution < -0.4 is 14.9 Å². The van der Waals surface area contributed by atoms with Crippen molar-refractivity contribution in [3.8, 4) is 0 Å². The molecule has 6 nitrogen and oxygen atoms in total. The zero-order valence-electron chi connectivity index (χ0n) is 16.8. The number of sulfonamides is 1. The molecule has 1 amide bonds. The predicted octanol–water partition coefficient (Wildman–Crippen LogP) is 4.25. The molecule has 0 saturated heterocycles. The molecule has 0 aliphatic heterocycles. The van der Waals surface area contributed by atoms with Crippen LogP contribution in [0.25, 0.3) is 0 Å². The van der Waals surface area contributed by atoms with Crippen LogP contribution in [0, 0.1) is 12.7 Å². The van der Waals surface area contributed by atoms with E-state index in [1.807, 2.05) is 44.1 Å². The largest absolute Gasteiger partial charge is 0.377 e. The summed E-state index contributed by atoms with van der Waals surface area (Å²) in [6, 6.07) is 16.2. The van der Waals surface area contributed by atoms with Gasteiger partial charge in [0, 0.05) is 36.7 Å². The molecule has 30 heavy (non-hydrogen) atoms. The third kappa shape index (κ3) is 4.96. The normalized spacial score (nSPS) is 11.1. The minimum absolute atomic E-state index is 0.0535. The Morgan fingerprint density at radius 1 is 0.900 bits per heavy atom. The fourth-order valence-corrected chi connectivity index (χ4v) is 4.01. The summed E-state index contributed by atoms with van der Waals surface area (Å²) in [5, 5.41) is 2.83. The Labute approximate surface area is 175 Å². The Hall–Kier alpha value is -3.39. The summed E-state index contributed by atoms with van der Waals surface area (Å²) in [5.74, 6) is -0.823. The molecule has 0 unspecified atom stereocenters. The van der Waals surface area contributed by atoms with E-state index in [2.05, 4.69) is 10.0 Å². The maximum Gasteiger partial charge on any atom is 0.261 e. The van der Waals surface area contributed by atoms with Crippen molar-refractivity contribution in [3.05, 3.63) is 83.7 Å². The van der Waals surface area contributed by atoms with Gasteiger partial charge < -0.3 is 10.2 Å². The van der Waals surface area contributed by atoms with Gasteiger partial charge in [0.05, 0.1) is 4.90 Å². The summed E-state index contributed by atoms with van der Waals surface area (Å²) in [5.41, 5.74) is 3.44. The maximum atomic E-state index is 13.0. The van der Waals surface area contributed by atoms with Gasteiger partial charge in [0.2, 0.25) is 0 Å². The summed E-state index contributed by atoms with van der Waals surface area (Å²) >= 11 is 0. The molecular weight excluding hydrogens is 405 g/mol. The van der Waals surface area contributed by atoms with Crippen LogP contribution in [0.15, 0.2) is 71.6 Å². The first-order chi connectivity index (χ1) is 14.2. The quantitative estimate of drug-likeness (QED) is 0.616. The van der Waals surface area contributed by atoms with Gasteiger partial charge in [0.1, 0.15) is 5.82 Å². The van der Waals surface area contributed by atoms with Gasteiger partial charge in [-0.15, -0.1) is 0 Å². The lowest BCUT2D eigenvalue weighted by atomic mass is 10.1. The molecule has 156 valence electrons. The van der Waals surface area contributed by atoms with E-state index in [1.54, 1.807) is 0 Å². The number of anilines is 3. The first-order valence-electron chi connectivity index (χ1n) is 9.13. The van der Waals surface area contributed by atoms with Crippen LogP contribution in [0.4, 0.5) is 21.5 Å². The van der Waals surface area contributed by atoms with Crippen LogP contribution in [0.3, 0.4) is 0 Å². The van der Waals surface area contributed by atoms with Crippen LogP contribution >= 0.6 is 0 Å². The lowest BCUT2D eigenvalue weighted by molar-refractivity contribution is 0.102. The van der Waals surface area contributed by atoms with Gasteiger partial charge in [-0.25, -0.2) is 12.8 Å². The number of carbonyl (C=O) groups is 1. The van der Waals surface area contributed by atoms with E-state index < -0.39 is 15.8 Å². The summed E-state index contributed by atoms with van der Waals surface area (Å²) < 4.78 is 40.1. The Morgan fingerprint density at radius 2 is 1.50 bits per heavy atom. The SMILES string of the molecule is Cc1cc(NC(=O)c2ccc(NS(=O)(=O)c3ccc(F)cc3)cc2)ccc1N(C)C. The lowest BCUT2D eigenvalue weighted by Gasteiger charge is -2.16. The zero-order valence-corrected chi connectivity index (χ0v) is 17.6. The molecule has 0 bridgehead atoms. The first-order valence-corrected chi connectivity index (χ1v) is 10.6. The van der Waals surface area contributed by atoms with Crippen LogP contribution in [0.1, 0.15) is 15.9 Å². The number of halogens is 1. The van der Waals surface area contributed by atoms with Crippen LogP contribution in [0.2, 0.25) is 0 Å². The molecule has 3 rings (SSSR count). The van der Waals surface area contributed by atoms with Crippen LogP contribution in [-0.2, 0) is 10.0 Å². The molecule has 0 aliphatic rings. The van der Waals surface area contributed by atoms with Crippen molar-refractivity contribution in [2.75, 3.05) is 29.0 Å². The molecule has 3 aromatic carbocycles. The summed E-state index contributed by atoms with van der Waals surface area (Å²) in [6.07, 6.45) is 0. The maximum absolute atomic E-state index is 13.0. The highest BCUT2D eigenvalue weighted by Crippen LogP contribution is 2.23. The zero-order chi connectivity index (χ0) is 21.9. The molecule has 0 aliphatic carbocycles. The third-order valence-corrected chi connectivity index (χ3v) is 5.86. The van der Waals surface area contributed by atoms with Crippen molar-refractivity contribution in [2.24, 2.45) is 0 Å². The molecule has 0 fully saturated rings. The molecule has 3 aromatic rings. The molecule has 0 atom stereocenters. The van der Waals surface area contributed by atoms with Gasteiger partial charge in [0.15, 0.2) is 0 Å². The van der Waals surface area contributed by atoms with Gasteiger partial charge >= 0.3 is 0 Å². The number of rotatable bonds is 6. The van der Waals surface area contributed by atoms with Gasteiger partial charge in [-0.3, -0.25) is 9.52 Å². The van der Waals surface area contributed by atoms with Crippen molar-refractivity contribution in [1.29, 1.82) is 0 Å². The average Bonchev–Trinajstić information content (AvgIpc) is 2.68. The van der Waals surface area contributed by atoms with Crippen molar-refractivity contribution >= 4 is 33.0 Å². The standard InChI is InChI=1S/C22H22FN3O3S/c1-15-14-19(10-13-21(15)26(2)3)24-22(27)16-4-8-18(9-5-16)25-30(28,29)20-11-6-17(23)7-12-20/h4-14,25H,1-3H3,(H,24,27). The number of hydrogen-bond donors (Lipinski definition) is 2. The Bertz CT molecular complexity index is 1160. The minimum Gasteiger partial charge on any atom is -0.377 e. The number of benzene rings is 3. The van der Waals surface area contributed by atoms with Gasteiger partial charge in [-0.2, -0.15) is 0 Å². The highest BCUT2D eigenvalue weighted by molar-refractivity contribution is 7.92. The summed E-state index contributed by atoms with van der Waals surface area (Å²) in [4.78, 5) is 14.4. The van der Waals surface area contributed by atoms with Crippen molar-refractivity contribution in [3.63, 3.8) is 0 Å². The van der Waals surface area contributed by atoms with E-state index in [9.17, 15) is 17.6 Å². The number of aryl methyl sites for hydroxylation is 1. The second kappa shape index (κ2) is 8.54. The van der Waals surface area contributed by atoms with E-state index in [0.29, 0.717) is 16.9 Å². The topological polar surface area (TPSA) is 78.5 Å². The molecule has 0 spiro atoms. The van der Waals surface area contributed by atoms with E-state index in [-0.39, 0.29) is 10.8 Å². The third-order valence-electron chi connectivity index (χ3n) is 4.46. The number of amides is 1. The van der Waals surface area contributed by atoms with Gasteiger partial charge in [-0.05, 0) is 79.2 Å². The first kappa shape index (κ1) is 21.3. The van der Waals surface area contributed by atoms with Gasteiger partial charge in [-0.1, -0.05) is 0 Å². The van der Waals surface area contributed by atoms with E-state index >= 15 is 0 Å². The Balaban J connectivity index is 1.70. The Morgan fingerprint density at radius 3 is 2.07 bits per heavy atom. The molecular formula is C22H22FN3O3S. The van der Waals surface area contributed by atoms with Crippen molar-refractivity contribution < 1.29 is 17.6 Å². The molecule has 0 radical (unpaired) electrons. The summed E-state index contributed by atoms with van der Waals surface area (Å²) in [6.45, 7) is 1.97. The monoisotopic (exact) mass is 427 g/mol. The van der Waals surface area contributed by atoms with E-state index in [4.69, 9.17) is 0 Å². The smallest absolute Gasteiger partial charge is 0.261 e. The van der Waals surface area contributed by atoms with Crippen molar-refractivity contribution in [1.82, 2.24) is 0 Å². The lowest BCUT2D eigenvalue weighted by Crippen LogP contribution is -2.15. The minimum atomic E-state index is -3.85. The molecule has 0 heterocycles. The number of nitrogens with zero attached hydrogens (tertiary/aromatic N) is 1. The van der Waals surface area contributed by atoms with Gasteiger partial charge in [0.25, 0.3) is 15.9 Å². The highest BCUT2D eigenvalue weighted by atomic mass is 32.2. The fraction of sp³-hybridized carbons (Fsp3) is 0.136. The molecule has 2 N–H and O–H groups in total. The van der Waals surface area contributed by atoms with Crippen LogP contribution in [0.5, 0.6) is 0 Å². The van der Waals surface area contributed by atoms with E-state index in [0.717, 1.165) is 23.4 Å². The summed E-state index contributed by atoms with van der Waals surface area (Å²) in [7, 11) is 0.0528. The average molecular weight is 428 g/mol. The number of carbonyl (C=O) groups excluding carboxylic acids is 1. The van der Waals surface area contributed by atoms with Crippen LogP contribution in [-0.4, -0.2) is 28.4 Å². The fourth-order valence-electron chi connectivity index (χ4n) is 2.96. The number of nitrogens with one attached hydrogen (secondary N) is 2.